The predicted octanol–water partition coefficient (Wildman–Crippen LogP) is 6.09. The lowest BCUT2D eigenvalue weighted by Gasteiger charge is -2.13. The minimum atomic E-state index is 0.724. The average Bonchev–Trinajstić information content (AvgIpc) is 3.34. The minimum absolute atomic E-state index is 0.724. The van der Waals surface area contributed by atoms with Crippen LogP contribution in [0.5, 0.6) is 0 Å². The fraction of sp³-hybridized carbons (Fsp3) is 0.125. The van der Waals surface area contributed by atoms with E-state index in [9.17, 15) is 0 Å². The molecule has 29 heavy (non-hydrogen) atoms. The lowest BCUT2D eigenvalue weighted by Crippen LogP contribution is -2.10. The number of hydrogen-bond acceptors (Lipinski definition) is 2. The molecule has 5 aromatic rings. The second-order valence-electron chi connectivity index (χ2n) is 7.60. The Balaban J connectivity index is 1.75. The zero-order chi connectivity index (χ0) is 20.0. The van der Waals surface area contributed by atoms with Gasteiger partial charge in [-0.1, -0.05) is 29.8 Å². The van der Waals surface area contributed by atoms with Crippen molar-refractivity contribution < 1.29 is 0 Å². The second kappa shape index (κ2) is 7.07. The van der Waals surface area contributed by atoms with Crippen molar-refractivity contribution in [2.24, 2.45) is 0 Å². The number of rotatable bonds is 4. The number of fused-ring (bicyclic) bond motifs is 2. The van der Waals surface area contributed by atoms with E-state index in [0.717, 1.165) is 55.8 Å². The summed E-state index contributed by atoms with van der Waals surface area (Å²) in [5.74, 6) is 0. The lowest BCUT2D eigenvalue weighted by molar-refractivity contribution is 0.402. The summed E-state index contributed by atoms with van der Waals surface area (Å²) in [5.41, 5.74) is 7.59. The monoisotopic (exact) mass is 400 g/mol. The van der Waals surface area contributed by atoms with Crippen LogP contribution in [0.3, 0.4) is 0 Å². The lowest BCUT2D eigenvalue weighted by atomic mass is 9.95. The molecule has 0 aliphatic carbocycles. The van der Waals surface area contributed by atoms with E-state index in [1.165, 1.54) is 5.39 Å². The molecule has 0 aliphatic heterocycles. The van der Waals surface area contributed by atoms with Gasteiger partial charge in [-0.3, -0.25) is 4.98 Å². The normalized spacial score (nSPS) is 11.7. The smallest absolute Gasteiger partial charge is 0.0709 e. The highest BCUT2D eigenvalue weighted by Gasteiger charge is 2.18. The zero-order valence-electron chi connectivity index (χ0n) is 16.3. The third kappa shape index (κ3) is 3.11. The van der Waals surface area contributed by atoms with Crippen LogP contribution >= 0.6 is 11.6 Å². The van der Waals surface area contributed by atoms with E-state index < -0.39 is 0 Å². The SMILES string of the molecule is CN(C)Cc1cnc2ccc(Cl)c(-c3c[nH]cc3-c3c[nH]c4ccccc34)c2c1. The van der Waals surface area contributed by atoms with Crippen molar-refractivity contribution in [2.45, 2.75) is 6.54 Å². The first kappa shape index (κ1) is 18.0. The van der Waals surface area contributed by atoms with Gasteiger partial charge in [0.2, 0.25) is 0 Å². The predicted molar refractivity (Wildman–Crippen MR) is 121 cm³/mol. The van der Waals surface area contributed by atoms with Gasteiger partial charge in [0.05, 0.1) is 5.52 Å². The van der Waals surface area contributed by atoms with E-state index in [1.807, 2.05) is 36.8 Å². The highest BCUT2D eigenvalue weighted by molar-refractivity contribution is 6.35. The Morgan fingerprint density at radius 1 is 0.931 bits per heavy atom. The topological polar surface area (TPSA) is 47.7 Å². The summed E-state index contributed by atoms with van der Waals surface area (Å²) in [6.07, 6.45) is 8.07. The molecule has 144 valence electrons. The van der Waals surface area contributed by atoms with Gasteiger partial charge in [0.15, 0.2) is 0 Å². The highest BCUT2D eigenvalue weighted by atomic mass is 35.5. The maximum absolute atomic E-state index is 6.74. The molecule has 0 spiro atoms. The molecule has 0 radical (unpaired) electrons. The third-order valence-corrected chi connectivity index (χ3v) is 5.58. The van der Waals surface area contributed by atoms with Gasteiger partial charge in [-0.05, 0) is 43.9 Å². The Kier molecular flexibility index (Phi) is 4.38. The molecule has 5 heteroatoms. The molecule has 0 bridgehead atoms. The van der Waals surface area contributed by atoms with Gasteiger partial charge in [0.1, 0.15) is 0 Å². The van der Waals surface area contributed by atoms with Crippen molar-refractivity contribution >= 4 is 33.4 Å². The number of nitrogens with one attached hydrogen (secondary N) is 2. The summed E-state index contributed by atoms with van der Waals surface area (Å²) in [5, 5.41) is 2.98. The number of nitrogens with zero attached hydrogens (tertiary/aromatic N) is 2. The summed E-state index contributed by atoms with van der Waals surface area (Å²) in [6, 6.07) is 14.5. The van der Waals surface area contributed by atoms with Crippen molar-refractivity contribution in [3.63, 3.8) is 0 Å². The number of aromatic amines is 2. The van der Waals surface area contributed by atoms with Crippen molar-refractivity contribution in [1.82, 2.24) is 19.9 Å². The van der Waals surface area contributed by atoms with Crippen LogP contribution in [0.25, 0.3) is 44.1 Å². The number of para-hydroxylation sites is 1. The molecule has 2 aromatic carbocycles. The Morgan fingerprint density at radius 2 is 1.76 bits per heavy atom. The molecule has 3 heterocycles. The summed E-state index contributed by atoms with van der Waals surface area (Å²) in [7, 11) is 4.12. The van der Waals surface area contributed by atoms with Crippen LogP contribution in [0.15, 0.2) is 67.3 Å². The molecular weight excluding hydrogens is 380 g/mol. The molecule has 0 fully saturated rings. The molecule has 5 rings (SSSR count). The van der Waals surface area contributed by atoms with Gasteiger partial charge < -0.3 is 14.9 Å². The van der Waals surface area contributed by atoms with Gasteiger partial charge in [0.25, 0.3) is 0 Å². The number of aromatic nitrogens is 3. The van der Waals surface area contributed by atoms with Crippen LogP contribution in [0, 0.1) is 0 Å². The quantitative estimate of drug-likeness (QED) is 0.383. The molecule has 0 aliphatic rings. The summed E-state index contributed by atoms with van der Waals surface area (Å²) >= 11 is 6.74. The third-order valence-electron chi connectivity index (χ3n) is 5.26. The van der Waals surface area contributed by atoms with E-state index in [0.29, 0.717) is 0 Å². The van der Waals surface area contributed by atoms with Crippen LogP contribution in [0.2, 0.25) is 5.02 Å². The zero-order valence-corrected chi connectivity index (χ0v) is 17.1. The maximum atomic E-state index is 6.74. The molecule has 0 atom stereocenters. The number of benzene rings is 2. The minimum Gasteiger partial charge on any atom is -0.366 e. The van der Waals surface area contributed by atoms with E-state index in [1.54, 1.807) is 0 Å². The van der Waals surface area contributed by atoms with Crippen LogP contribution in [0.1, 0.15) is 5.56 Å². The van der Waals surface area contributed by atoms with Crippen molar-refractivity contribution in [3.8, 4) is 22.3 Å². The summed E-state index contributed by atoms with van der Waals surface area (Å²) in [6.45, 7) is 0.831. The van der Waals surface area contributed by atoms with Crippen molar-refractivity contribution in [2.75, 3.05) is 14.1 Å². The van der Waals surface area contributed by atoms with E-state index in [-0.39, 0.29) is 0 Å². The fourth-order valence-electron chi connectivity index (χ4n) is 4.03. The van der Waals surface area contributed by atoms with Crippen LogP contribution < -0.4 is 0 Å². The second-order valence-corrected chi connectivity index (χ2v) is 8.01. The first-order valence-electron chi connectivity index (χ1n) is 9.57. The van der Waals surface area contributed by atoms with Gasteiger partial charge in [0, 0.05) is 74.9 Å². The van der Waals surface area contributed by atoms with Crippen molar-refractivity contribution in [1.29, 1.82) is 0 Å². The highest BCUT2D eigenvalue weighted by Crippen LogP contribution is 2.42. The molecular formula is C24H21ClN4. The molecule has 0 saturated carbocycles. The van der Waals surface area contributed by atoms with E-state index in [2.05, 4.69) is 64.4 Å². The fourth-order valence-corrected chi connectivity index (χ4v) is 4.30. The van der Waals surface area contributed by atoms with Crippen LogP contribution in [-0.4, -0.2) is 33.9 Å². The molecule has 2 N–H and O–H groups in total. The van der Waals surface area contributed by atoms with Gasteiger partial charge in [-0.15, -0.1) is 0 Å². The largest absolute Gasteiger partial charge is 0.366 e. The van der Waals surface area contributed by atoms with Crippen molar-refractivity contribution in [3.05, 3.63) is 77.8 Å². The molecule has 0 unspecified atom stereocenters. The van der Waals surface area contributed by atoms with E-state index in [4.69, 9.17) is 11.6 Å². The van der Waals surface area contributed by atoms with Gasteiger partial charge in [-0.25, -0.2) is 0 Å². The van der Waals surface area contributed by atoms with Crippen LogP contribution in [-0.2, 0) is 6.54 Å². The Morgan fingerprint density at radius 3 is 2.62 bits per heavy atom. The summed E-state index contributed by atoms with van der Waals surface area (Å²) in [4.78, 5) is 13.5. The summed E-state index contributed by atoms with van der Waals surface area (Å²) < 4.78 is 0. The van der Waals surface area contributed by atoms with Gasteiger partial charge in [-0.2, -0.15) is 0 Å². The Bertz CT molecular complexity index is 1330. The number of H-pyrrole nitrogens is 2. The first-order chi connectivity index (χ1) is 14.1. The molecule has 3 aromatic heterocycles. The first-order valence-corrected chi connectivity index (χ1v) is 9.95. The number of halogens is 1. The molecule has 0 amide bonds. The van der Waals surface area contributed by atoms with Crippen LogP contribution in [0.4, 0.5) is 0 Å². The average molecular weight is 401 g/mol. The van der Waals surface area contributed by atoms with Gasteiger partial charge >= 0.3 is 0 Å². The Labute approximate surface area is 174 Å². The maximum Gasteiger partial charge on any atom is 0.0709 e. The van der Waals surface area contributed by atoms with E-state index >= 15 is 0 Å². The number of pyridine rings is 1. The molecule has 4 nitrogen and oxygen atoms in total. The Hall–Kier alpha value is -3.08. The molecule has 0 saturated heterocycles. The standard InChI is InChI=1S/C24H21ClN4/c1-29(2)14-15-9-17-23(27-10-15)8-7-21(25)24(17)20-12-26-11-18(20)19-13-28-22-6-4-3-5-16(19)22/h3-13,26,28H,14H2,1-2H3. The number of hydrogen-bond donors (Lipinski definition) is 2.